The third-order valence-electron chi connectivity index (χ3n) is 3.83. The number of nitrogens with zero attached hydrogens (tertiary/aromatic N) is 2. The fourth-order valence-electron chi connectivity index (χ4n) is 2.20. The zero-order valence-electron chi connectivity index (χ0n) is 14.7. The molecule has 10 heteroatoms. The van der Waals surface area contributed by atoms with E-state index in [1.165, 1.54) is 24.3 Å². The van der Waals surface area contributed by atoms with E-state index in [2.05, 4.69) is 10.2 Å². The highest BCUT2D eigenvalue weighted by Crippen LogP contribution is 2.38. The first-order chi connectivity index (χ1) is 13.6. The van der Waals surface area contributed by atoms with Crippen molar-refractivity contribution in [3.8, 4) is 11.8 Å². The van der Waals surface area contributed by atoms with Crippen LogP contribution in [0.5, 0.6) is 5.75 Å². The molecular formula is C19H14F3N3O4. The highest BCUT2D eigenvalue weighted by molar-refractivity contribution is 5.97. The maximum atomic E-state index is 13.0. The number of rotatable bonds is 6. The Morgan fingerprint density at radius 3 is 2.41 bits per heavy atom. The van der Waals surface area contributed by atoms with Crippen LogP contribution in [0.15, 0.2) is 42.5 Å². The molecule has 29 heavy (non-hydrogen) atoms. The third-order valence-corrected chi connectivity index (χ3v) is 3.83. The van der Waals surface area contributed by atoms with Gasteiger partial charge in [-0.15, -0.1) is 0 Å². The molecule has 0 radical (unpaired) electrons. The normalized spacial score (nSPS) is 12.9. The van der Waals surface area contributed by atoms with Crippen molar-refractivity contribution in [3.05, 3.63) is 65.0 Å². The van der Waals surface area contributed by atoms with Gasteiger partial charge in [-0.25, -0.2) is 4.85 Å². The molecule has 150 valence electrons. The van der Waals surface area contributed by atoms with Gasteiger partial charge in [-0.1, -0.05) is 6.07 Å². The van der Waals surface area contributed by atoms with Gasteiger partial charge in [0.05, 0.1) is 30.4 Å². The lowest BCUT2D eigenvalue weighted by atomic mass is 10.1. The van der Waals surface area contributed by atoms with E-state index in [-0.39, 0.29) is 11.4 Å². The molecule has 0 aromatic heterocycles. The zero-order chi connectivity index (χ0) is 21.7. The number of carbonyl (C=O) groups excluding carboxylic acids is 1. The van der Waals surface area contributed by atoms with Crippen molar-refractivity contribution in [3.63, 3.8) is 0 Å². The zero-order valence-corrected chi connectivity index (χ0v) is 14.7. The molecule has 0 aliphatic heterocycles. The van der Waals surface area contributed by atoms with Crippen molar-refractivity contribution >= 4 is 17.3 Å². The molecule has 1 amide bonds. The van der Waals surface area contributed by atoms with Crippen LogP contribution in [-0.4, -0.2) is 34.9 Å². The summed E-state index contributed by atoms with van der Waals surface area (Å²) in [7, 11) is 0. The number of ether oxygens (including phenoxy) is 1. The maximum Gasteiger partial charge on any atom is 0.407 e. The second kappa shape index (κ2) is 8.61. The van der Waals surface area contributed by atoms with Crippen LogP contribution in [-0.2, 0) is 11.0 Å². The molecule has 2 rings (SSSR count). The van der Waals surface area contributed by atoms with E-state index in [0.29, 0.717) is 11.6 Å². The van der Waals surface area contributed by atoms with Gasteiger partial charge in [-0.3, -0.25) is 4.79 Å². The quantitative estimate of drug-likeness (QED) is 0.641. The average Bonchev–Trinajstić information content (AvgIpc) is 2.71. The van der Waals surface area contributed by atoms with Gasteiger partial charge in [-0.05, 0) is 36.4 Å². The standard InChI is InChI=1S/C19H14F3N3O4/c1-24-16-7-4-13(8-15(16)19(20,21)22)25-17(27)18(28,10-26)11-29-14-5-2-12(9-23)3-6-14/h2-8,26,28H,10-11H2,(H,25,27)/t18-/m1/s1. The van der Waals surface area contributed by atoms with E-state index in [1.54, 1.807) is 0 Å². The van der Waals surface area contributed by atoms with Gasteiger partial charge >= 0.3 is 6.18 Å². The van der Waals surface area contributed by atoms with Gasteiger partial charge < -0.3 is 20.3 Å². The van der Waals surface area contributed by atoms with Gasteiger partial charge in [0.2, 0.25) is 5.60 Å². The highest BCUT2D eigenvalue weighted by atomic mass is 19.4. The Morgan fingerprint density at radius 1 is 1.24 bits per heavy atom. The number of aliphatic hydroxyl groups is 2. The summed E-state index contributed by atoms with van der Waals surface area (Å²) in [6.07, 6.45) is -4.81. The lowest BCUT2D eigenvalue weighted by Gasteiger charge is -2.25. The Labute approximate surface area is 163 Å². The average molecular weight is 405 g/mol. The van der Waals surface area contributed by atoms with E-state index in [1.807, 2.05) is 6.07 Å². The minimum Gasteiger partial charge on any atom is -0.490 e. The van der Waals surface area contributed by atoms with Crippen LogP contribution in [0.1, 0.15) is 11.1 Å². The van der Waals surface area contributed by atoms with Crippen LogP contribution in [0.25, 0.3) is 4.85 Å². The minimum atomic E-state index is -4.81. The van der Waals surface area contributed by atoms with E-state index < -0.39 is 42.1 Å². The Bertz CT molecular complexity index is 978. The summed E-state index contributed by atoms with van der Waals surface area (Å²) >= 11 is 0. The maximum absolute atomic E-state index is 13.0. The Kier molecular flexibility index (Phi) is 6.44. The minimum absolute atomic E-state index is 0.199. The molecule has 0 aliphatic carbocycles. The second-order valence-electron chi connectivity index (χ2n) is 5.91. The van der Waals surface area contributed by atoms with Gasteiger partial charge in [0, 0.05) is 5.69 Å². The predicted octanol–water partition coefficient (Wildman–Crippen LogP) is 2.87. The number of amides is 1. The smallest absolute Gasteiger partial charge is 0.407 e. The monoisotopic (exact) mass is 405 g/mol. The van der Waals surface area contributed by atoms with E-state index >= 15 is 0 Å². The van der Waals surface area contributed by atoms with Gasteiger partial charge in [0.25, 0.3) is 5.91 Å². The topological polar surface area (TPSA) is 107 Å². The van der Waals surface area contributed by atoms with Crippen LogP contribution in [0.4, 0.5) is 24.5 Å². The van der Waals surface area contributed by atoms with Crippen molar-refractivity contribution in [1.82, 2.24) is 0 Å². The Balaban J connectivity index is 2.16. The summed E-state index contributed by atoms with van der Waals surface area (Å²) in [6.45, 7) is 5.03. The lowest BCUT2D eigenvalue weighted by molar-refractivity contribution is -0.142. The fourth-order valence-corrected chi connectivity index (χ4v) is 2.20. The number of hydrogen-bond acceptors (Lipinski definition) is 5. The number of aliphatic hydroxyl groups excluding tert-OH is 1. The molecule has 0 unspecified atom stereocenters. The number of nitrogens with one attached hydrogen (secondary N) is 1. The van der Waals surface area contributed by atoms with Crippen molar-refractivity contribution in [2.45, 2.75) is 11.8 Å². The SMILES string of the molecule is [C-]#[N+]c1ccc(NC(=O)[C@@](O)(CO)COc2ccc(C#N)cc2)cc1C(F)(F)F. The number of carbonyl (C=O) groups is 1. The highest BCUT2D eigenvalue weighted by Gasteiger charge is 2.38. The van der Waals surface area contributed by atoms with Crippen molar-refractivity contribution in [2.24, 2.45) is 0 Å². The second-order valence-corrected chi connectivity index (χ2v) is 5.91. The number of benzene rings is 2. The molecule has 1 atom stereocenters. The van der Waals surface area contributed by atoms with Crippen molar-refractivity contribution < 1.29 is 32.9 Å². The van der Waals surface area contributed by atoms with Gasteiger partial charge in [-0.2, -0.15) is 18.4 Å². The molecule has 0 fully saturated rings. The number of hydrogen-bond donors (Lipinski definition) is 3. The summed E-state index contributed by atoms with van der Waals surface area (Å²) in [5.74, 6) is -0.998. The summed E-state index contributed by atoms with van der Waals surface area (Å²) < 4.78 is 44.3. The molecule has 3 N–H and O–H groups in total. The molecule has 2 aromatic carbocycles. The molecule has 0 bridgehead atoms. The van der Waals surface area contributed by atoms with Crippen LogP contribution >= 0.6 is 0 Å². The predicted molar refractivity (Wildman–Crippen MR) is 95.0 cm³/mol. The number of alkyl halides is 3. The van der Waals surface area contributed by atoms with Crippen LogP contribution < -0.4 is 10.1 Å². The molecule has 0 aliphatic rings. The largest absolute Gasteiger partial charge is 0.490 e. The molecule has 0 saturated heterocycles. The first kappa shape index (κ1) is 21.7. The summed E-state index contributed by atoms with van der Waals surface area (Å²) in [5, 5.41) is 30.6. The van der Waals surface area contributed by atoms with Crippen LogP contribution in [0.3, 0.4) is 0 Å². The molecule has 7 nitrogen and oxygen atoms in total. The number of anilines is 1. The lowest BCUT2D eigenvalue weighted by Crippen LogP contribution is -2.51. The Morgan fingerprint density at radius 2 is 1.90 bits per heavy atom. The van der Waals surface area contributed by atoms with E-state index in [0.717, 1.165) is 12.1 Å². The van der Waals surface area contributed by atoms with E-state index in [4.69, 9.17) is 16.6 Å². The molecule has 2 aromatic rings. The number of halogens is 3. The fraction of sp³-hybridized carbons (Fsp3) is 0.211. The molecule has 0 saturated carbocycles. The van der Waals surface area contributed by atoms with Gasteiger partial charge in [0.15, 0.2) is 5.69 Å². The third kappa shape index (κ3) is 5.23. The number of nitriles is 1. The van der Waals surface area contributed by atoms with E-state index in [9.17, 15) is 28.2 Å². The van der Waals surface area contributed by atoms with Crippen LogP contribution in [0.2, 0.25) is 0 Å². The van der Waals surface area contributed by atoms with Crippen molar-refractivity contribution in [2.75, 3.05) is 18.5 Å². The molecule has 0 heterocycles. The molecular weight excluding hydrogens is 391 g/mol. The first-order valence-electron chi connectivity index (χ1n) is 7.99. The van der Waals surface area contributed by atoms with Crippen LogP contribution in [0, 0.1) is 17.9 Å². The molecule has 0 spiro atoms. The summed E-state index contributed by atoms with van der Waals surface area (Å²) in [4.78, 5) is 15.1. The van der Waals surface area contributed by atoms with Crippen molar-refractivity contribution in [1.29, 1.82) is 5.26 Å². The summed E-state index contributed by atoms with van der Waals surface area (Å²) in [6, 6.07) is 10.1. The first-order valence-corrected chi connectivity index (χ1v) is 7.99. The Hall–Kier alpha value is -3.60. The summed E-state index contributed by atoms with van der Waals surface area (Å²) in [5.41, 5.74) is -4.30. The van der Waals surface area contributed by atoms with Gasteiger partial charge in [0.1, 0.15) is 12.4 Å².